The van der Waals surface area contributed by atoms with E-state index in [1.807, 2.05) is 43.3 Å². The highest BCUT2D eigenvalue weighted by atomic mass is 16.2. The lowest BCUT2D eigenvalue weighted by Crippen LogP contribution is -2.18. The second kappa shape index (κ2) is 7.24. The first-order valence-corrected chi connectivity index (χ1v) is 6.69. The summed E-state index contributed by atoms with van der Waals surface area (Å²) in [6.07, 6.45) is 3.46. The van der Waals surface area contributed by atoms with Crippen LogP contribution < -0.4 is 5.43 Å². The molecule has 1 amide bonds. The monoisotopic (exact) mass is 266 g/mol. The summed E-state index contributed by atoms with van der Waals surface area (Å²) in [6, 6.07) is 17.7. The minimum atomic E-state index is -0.168. The zero-order valence-corrected chi connectivity index (χ0v) is 11.5. The van der Waals surface area contributed by atoms with E-state index < -0.39 is 0 Å². The molecule has 0 aromatic heterocycles. The van der Waals surface area contributed by atoms with Crippen LogP contribution in [0.15, 0.2) is 59.7 Å². The molecule has 0 aliphatic carbocycles. The smallest absolute Gasteiger partial charge is 0.267 e. The molecule has 0 aliphatic rings. The second-order valence-corrected chi connectivity index (χ2v) is 4.59. The number of nitrogens with zero attached hydrogens (tertiary/aromatic N) is 1. The Morgan fingerprint density at radius 1 is 1.10 bits per heavy atom. The van der Waals surface area contributed by atoms with Gasteiger partial charge in [0.05, 0.1) is 0 Å². The molecule has 3 heteroatoms. The molecule has 20 heavy (non-hydrogen) atoms. The molecule has 0 saturated carbocycles. The maximum absolute atomic E-state index is 11.9. The average molecular weight is 266 g/mol. The van der Waals surface area contributed by atoms with Gasteiger partial charge in [0.15, 0.2) is 0 Å². The van der Waals surface area contributed by atoms with Crippen molar-refractivity contribution in [1.82, 2.24) is 5.43 Å². The van der Waals surface area contributed by atoms with Crippen molar-refractivity contribution in [3.05, 3.63) is 71.3 Å². The molecule has 1 N–H and O–H groups in total. The van der Waals surface area contributed by atoms with Crippen LogP contribution >= 0.6 is 0 Å². The van der Waals surface area contributed by atoms with Gasteiger partial charge >= 0.3 is 0 Å². The second-order valence-electron chi connectivity index (χ2n) is 4.59. The number of aryl methyl sites for hydroxylation is 2. The highest BCUT2D eigenvalue weighted by Crippen LogP contribution is 2.06. The number of rotatable bonds is 5. The summed E-state index contributed by atoms with van der Waals surface area (Å²) in [7, 11) is 0. The van der Waals surface area contributed by atoms with Crippen molar-refractivity contribution >= 4 is 12.1 Å². The first-order valence-electron chi connectivity index (χ1n) is 6.69. The number of carbonyl (C=O) groups excluding carboxylic acids is 1. The number of hydrazone groups is 1. The van der Waals surface area contributed by atoms with Gasteiger partial charge in [0.25, 0.3) is 5.91 Å². The highest BCUT2D eigenvalue weighted by Gasteiger charge is 2.05. The van der Waals surface area contributed by atoms with Gasteiger partial charge in [-0.25, -0.2) is 5.43 Å². The maximum Gasteiger partial charge on any atom is 0.271 e. The lowest BCUT2D eigenvalue weighted by molar-refractivity contribution is 0.0954. The number of nitrogens with one attached hydrogen (secondary N) is 1. The molecule has 0 bridgehead atoms. The fourth-order valence-electron chi connectivity index (χ4n) is 1.93. The lowest BCUT2D eigenvalue weighted by atomic mass is 10.1. The van der Waals surface area contributed by atoms with Crippen LogP contribution in [-0.2, 0) is 6.42 Å². The summed E-state index contributed by atoms with van der Waals surface area (Å²) in [6.45, 7) is 1.91. The molecule has 3 nitrogen and oxygen atoms in total. The molecule has 0 aliphatic heterocycles. The molecule has 2 aromatic rings. The fourth-order valence-corrected chi connectivity index (χ4v) is 1.93. The lowest BCUT2D eigenvalue weighted by Gasteiger charge is -2.03. The molecule has 0 atom stereocenters. The average Bonchev–Trinajstić information content (AvgIpc) is 2.48. The van der Waals surface area contributed by atoms with Crippen LogP contribution in [-0.4, -0.2) is 12.1 Å². The van der Waals surface area contributed by atoms with Gasteiger partial charge in [-0.3, -0.25) is 4.79 Å². The van der Waals surface area contributed by atoms with E-state index in [-0.39, 0.29) is 5.91 Å². The minimum Gasteiger partial charge on any atom is -0.267 e. The molecule has 0 fully saturated rings. The zero-order valence-electron chi connectivity index (χ0n) is 11.5. The Hall–Kier alpha value is -2.42. The molecule has 0 saturated heterocycles. The first-order chi connectivity index (χ1) is 9.77. The van der Waals surface area contributed by atoms with E-state index in [1.54, 1.807) is 12.3 Å². The van der Waals surface area contributed by atoms with Crippen molar-refractivity contribution in [3.8, 4) is 0 Å². The van der Waals surface area contributed by atoms with Crippen molar-refractivity contribution in [2.45, 2.75) is 19.8 Å². The van der Waals surface area contributed by atoms with Gasteiger partial charge in [-0.15, -0.1) is 0 Å². The molecule has 0 heterocycles. The zero-order chi connectivity index (χ0) is 14.2. The highest BCUT2D eigenvalue weighted by molar-refractivity contribution is 5.95. The van der Waals surface area contributed by atoms with Crippen molar-refractivity contribution in [2.75, 3.05) is 0 Å². The summed E-state index contributed by atoms with van der Waals surface area (Å²) >= 11 is 0. The fraction of sp³-hybridized carbons (Fsp3) is 0.176. The Morgan fingerprint density at radius 2 is 1.80 bits per heavy atom. The van der Waals surface area contributed by atoms with Gasteiger partial charge in [-0.1, -0.05) is 48.5 Å². The molecule has 0 radical (unpaired) electrons. The van der Waals surface area contributed by atoms with Gasteiger partial charge in [-0.05, 0) is 37.0 Å². The normalized spacial score (nSPS) is 10.7. The van der Waals surface area contributed by atoms with E-state index in [4.69, 9.17) is 0 Å². The van der Waals surface area contributed by atoms with E-state index in [1.165, 1.54) is 5.56 Å². The van der Waals surface area contributed by atoms with E-state index in [0.717, 1.165) is 18.4 Å². The Labute approximate surface area is 119 Å². The standard InChI is InChI=1S/C17H18N2O/c1-14-8-5-6-12-16(14)17(20)19-18-13-7-11-15-9-3-2-4-10-15/h2-6,8-10,12-13H,7,11H2,1H3,(H,19,20). The van der Waals surface area contributed by atoms with Crippen molar-refractivity contribution in [1.29, 1.82) is 0 Å². The maximum atomic E-state index is 11.9. The largest absolute Gasteiger partial charge is 0.271 e. The molecule has 2 rings (SSSR count). The van der Waals surface area contributed by atoms with E-state index in [2.05, 4.69) is 22.7 Å². The Balaban J connectivity index is 1.79. The van der Waals surface area contributed by atoms with Crippen molar-refractivity contribution in [2.24, 2.45) is 5.10 Å². The Bertz CT molecular complexity index is 591. The molecule has 102 valence electrons. The Morgan fingerprint density at radius 3 is 2.55 bits per heavy atom. The summed E-state index contributed by atoms with van der Waals surface area (Å²) in [5.41, 5.74) is 5.43. The third-order valence-corrected chi connectivity index (χ3v) is 3.05. The number of hydrogen-bond donors (Lipinski definition) is 1. The van der Waals surface area contributed by atoms with Crippen LogP contribution in [0.3, 0.4) is 0 Å². The first kappa shape index (κ1) is 14.0. The summed E-state index contributed by atoms with van der Waals surface area (Å²) in [5, 5.41) is 3.98. The predicted molar refractivity (Wildman–Crippen MR) is 81.9 cm³/mol. The van der Waals surface area contributed by atoms with Crippen LogP contribution in [0.25, 0.3) is 0 Å². The van der Waals surface area contributed by atoms with Gasteiger partial charge < -0.3 is 0 Å². The van der Waals surface area contributed by atoms with Crippen LogP contribution in [0, 0.1) is 6.92 Å². The van der Waals surface area contributed by atoms with Gasteiger partial charge in [0.1, 0.15) is 0 Å². The summed E-state index contributed by atoms with van der Waals surface area (Å²) in [4.78, 5) is 11.9. The summed E-state index contributed by atoms with van der Waals surface area (Å²) in [5.74, 6) is -0.168. The number of hydrogen-bond acceptors (Lipinski definition) is 2. The van der Waals surface area contributed by atoms with Crippen molar-refractivity contribution in [3.63, 3.8) is 0 Å². The quantitative estimate of drug-likeness (QED) is 0.654. The third kappa shape index (κ3) is 4.05. The van der Waals surface area contributed by atoms with Crippen molar-refractivity contribution < 1.29 is 4.79 Å². The molecule has 2 aromatic carbocycles. The van der Waals surface area contributed by atoms with Crippen LogP contribution in [0.4, 0.5) is 0 Å². The predicted octanol–water partition coefficient (Wildman–Crippen LogP) is 3.34. The number of amides is 1. The molecule has 0 unspecified atom stereocenters. The van der Waals surface area contributed by atoms with Crippen LogP contribution in [0.5, 0.6) is 0 Å². The van der Waals surface area contributed by atoms with E-state index in [0.29, 0.717) is 5.56 Å². The number of benzene rings is 2. The summed E-state index contributed by atoms with van der Waals surface area (Å²) < 4.78 is 0. The number of carbonyl (C=O) groups is 1. The van der Waals surface area contributed by atoms with Crippen LogP contribution in [0.2, 0.25) is 0 Å². The van der Waals surface area contributed by atoms with E-state index >= 15 is 0 Å². The molecular formula is C17H18N2O. The topological polar surface area (TPSA) is 41.5 Å². The minimum absolute atomic E-state index is 0.168. The third-order valence-electron chi connectivity index (χ3n) is 3.05. The van der Waals surface area contributed by atoms with Gasteiger partial charge in [0, 0.05) is 11.8 Å². The van der Waals surface area contributed by atoms with E-state index in [9.17, 15) is 4.79 Å². The Kier molecular flexibility index (Phi) is 5.07. The van der Waals surface area contributed by atoms with Gasteiger partial charge in [0.2, 0.25) is 0 Å². The van der Waals surface area contributed by atoms with Crippen LogP contribution in [0.1, 0.15) is 27.9 Å². The molecule has 0 spiro atoms. The molecular weight excluding hydrogens is 248 g/mol. The SMILES string of the molecule is Cc1ccccc1C(=O)NN=CCCc1ccccc1. The van der Waals surface area contributed by atoms with Gasteiger partial charge in [-0.2, -0.15) is 5.10 Å².